The molecule has 2 rings (SSSR count). The number of aliphatic imine (C=N–C) groups is 1. The molecule has 6 nitrogen and oxygen atoms in total. The van der Waals surface area contributed by atoms with E-state index in [0.717, 1.165) is 32.6 Å². The highest BCUT2D eigenvalue weighted by Crippen LogP contribution is 2.28. The van der Waals surface area contributed by atoms with Gasteiger partial charge in [-0.25, -0.2) is 4.79 Å². The van der Waals surface area contributed by atoms with Crippen LogP contribution in [0, 0.1) is 0 Å². The molecule has 0 amide bonds. The number of unbranched alkanes of at least 4 members (excludes halogenated alkanes) is 2. The number of aromatic hydroxyl groups is 2. The maximum Gasteiger partial charge on any atom is 0.351 e. The van der Waals surface area contributed by atoms with E-state index in [9.17, 15) is 19.8 Å². The molecule has 1 aromatic carbocycles. The quantitative estimate of drug-likeness (QED) is 0.428. The molecule has 2 N–H and O–H groups in total. The molecule has 1 heterocycles. The van der Waals surface area contributed by atoms with Crippen molar-refractivity contribution in [3.05, 3.63) is 57.4 Å². The summed E-state index contributed by atoms with van der Waals surface area (Å²) in [7, 11) is 0. The maximum atomic E-state index is 11.9. The summed E-state index contributed by atoms with van der Waals surface area (Å²) in [6.07, 6.45) is 3.88. The number of aryl methyl sites for hydroxylation is 1. The molecule has 0 unspecified atom stereocenters. The molecule has 0 saturated carbocycles. The molecule has 0 aliphatic heterocycles. The van der Waals surface area contributed by atoms with Gasteiger partial charge in [0.15, 0.2) is 5.78 Å². The Balaban J connectivity index is 1.96. The first-order chi connectivity index (χ1) is 12.4. The molecule has 0 saturated heterocycles. The summed E-state index contributed by atoms with van der Waals surface area (Å²) in [6.45, 7) is 3.23. The van der Waals surface area contributed by atoms with Crippen LogP contribution in [0.1, 0.15) is 54.6 Å². The fraction of sp³-hybridized carbons (Fsp3) is 0.350. The third-order valence-corrected chi connectivity index (χ3v) is 4.11. The van der Waals surface area contributed by atoms with Crippen molar-refractivity contribution in [2.75, 3.05) is 6.54 Å². The number of ketones is 1. The van der Waals surface area contributed by atoms with Crippen LogP contribution in [0.3, 0.4) is 0 Å². The van der Waals surface area contributed by atoms with E-state index in [4.69, 9.17) is 0 Å². The zero-order valence-corrected chi connectivity index (χ0v) is 15.0. The topological polar surface area (TPSA) is 100 Å². The lowest BCUT2D eigenvalue weighted by Gasteiger charge is -2.07. The first-order valence-electron chi connectivity index (χ1n) is 8.57. The fourth-order valence-corrected chi connectivity index (χ4v) is 2.74. The SMILES string of the molecule is CC(=O)c1c(O)oc(=O)c(C(C)=NCCCCCc2ccccc2)c1O. The first-order valence-corrected chi connectivity index (χ1v) is 8.57. The summed E-state index contributed by atoms with van der Waals surface area (Å²) < 4.78 is 4.63. The molecular weight excluding hydrogens is 334 g/mol. The highest BCUT2D eigenvalue weighted by molar-refractivity contribution is 6.06. The van der Waals surface area contributed by atoms with Crippen LogP contribution in [0.25, 0.3) is 0 Å². The van der Waals surface area contributed by atoms with Crippen LogP contribution in [-0.4, -0.2) is 28.3 Å². The Bertz CT molecular complexity index is 852. The number of carbonyl (C=O) groups is 1. The second kappa shape index (κ2) is 8.99. The highest BCUT2D eigenvalue weighted by atomic mass is 16.5. The number of hydrogen-bond acceptors (Lipinski definition) is 6. The largest absolute Gasteiger partial charge is 0.506 e. The van der Waals surface area contributed by atoms with Crippen LogP contribution < -0.4 is 5.63 Å². The molecule has 0 radical (unpaired) electrons. The lowest BCUT2D eigenvalue weighted by Crippen LogP contribution is -2.15. The first kappa shape index (κ1) is 19.4. The van der Waals surface area contributed by atoms with E-state index in [1.54, 1.807) is 6.92 Å². The zero-order chi connectivity index (χ0) is 19.1. The van der Waals surface area contributed by atoms with Gasteiger partial charge in [-0.2, -0.15) is 0 Å². The molecule has 0 aliphatic rings. The van der Waals surface area contributed by atoms with Crippen molar-refractivity contribution < 1.29 is 19.4 Å². The van der Waals surface area contributed by atoms with Crippen molar-refractivity contribution >= 4 is 11.5 Å². The van der Waals surface area contributed by atoms with Gasteiger partial charge in [-0.05, 0) is 38.7 Å². The van der Waals surface area contributed by atoms with Gasteiger partial charge in [0.25, 0.3) is 5.95 Å². The van der Waals surface area contributed by atoms with Crippen molar-refractivity contribution in [3.63, 3.8) is 0 Å². The second-order valence-corrected chi connectivity index (χ2v) is 6.11. The number of carbonyl (C=O) groups excluding carboxylic acids is 1. The van der Waals surface area contributed by atoms with Crippen molar-refractivity contribution in [2.45, 2.75) is 39.5 Å². The number of hydrogen-bond donors (Lipinski definition) is 2. The molecular formula is C20H23NO5. The zero-order valence-electron chi connectivity index (χ0n) is 15.0. The molecule has 138 valence electrons. The lowest BCUT2D eigenvalue weighted by molar-refractivity contribution is 0.100. The van der Waals surface area contributed by atoms with Crippen LogP contribution in [0.5, 0.6) is 11.7 Å². The van der Waals surface area contributed by atoms with Gasteiger partial charge in [0.05, 0.1) is 5.71 Å². The Morgan fingerprint density at radius 2 is 1.73 bits per heavy atom. The molecule has 0 spiro atoms. The summed E-state index contributed by atoms with van der Waals surface area (Å²) in [4.78, 5) is 27.7. The van der Waals surface area contributed by atoms with Crippen molar-refractivity contribution in [2.24, 2.45) is 4.99 Å². The summed E-state index contributed by atoms with van der Waals surface area (Å²) in [5, 5.41) is 19.7. The molecule has 0 atom stereocenters. The lowest BCUT2D eigenvalue weighted by atomic mass is 10.1. The summed E-state index contributed by atoms with van der Waals surface area (Å²) in [5.74, 6) is -2.06. The molecule has 26 heavy (non-hydrogen) atoms. The van der Waals surface area contributed by atoms with Crippen LogP contribution in [0.2, 0.25) is 0 Å². The van der Waals surface area contributed by atoms with Crippen LogP contribution in [-0.2, 0) is 6.42 Å². The minimum atomic E-state index is -0.921. The van der Waals surface area contributed by atoms with E-state index >= 15 is 0 Å². The van der Waals surface area contributed by atoms with Crippen molar-refractivity contribution in [1.29, 1.82) is 0 Å². The number of benzene rings is 1. The van der Waals surface area contributed by atoms with E-state index in [2.05, 4.69) is 21.5 Å². The average molecular weight is 357 g/mol. The second-order valence-electron chi connectivity index (χ2n) is 6.11. The molecule has 6 heteroatoms. The predicted octanol–water partition coefficient (Wildman–Crippen LogP) is 3.48. The third-order valence-electron chi connectivity index (χ3n) is 4.11. The smallest absolute Gasteiger partial charge is 0.351 e. The standard InChI is InChI=1S/C20H23NO5/c1-13(16-18(23)17(14(2)22)20(25)26-19(16)24)21-12-8-4-7-11-15-9-5-3-6-10-15/h3,5-6,9-10,23,25H,4,7-8,11-12H2,1-2H3. The molecule has 0 bridgehead atoms. The number of Topliss-reactive ketones (excluding diaryl/α,β-unsaturated/α-hetero) is 1. The Hall–Kier alpha value is -2.89. The van der Waals surface area contributed by atoms with Crippen molar-refractivity contribution in [3.8, 4) is 11.7 Å². The van der Waals surface area contributed by atoms with Gasteiger partial charge >= 0.3 is 5.63 Å². The van der Waals surface area contributed by atoms with Crippen LogP contribution >= 0.6 is 0 Å². The molecule has 0 aliphatic carbocycles. The van der Waals surface area contributed by atoms with Crippen LogP contribution in [0.4, 0.5) is 0 Å². The van der Waals surface area contributed by atoms with Gasteiger partial charge in [-0.3, -0.25) is 9.79 Å². The molecule has 0 fully saturated rings. The Labute approximate surface area is 151 Å². The minimum absolute atomic E-state index is 0.183. The van der Waals surface area contributed by atoms with Gasteiger partial charge < -0.3 is 14.6 Å². The maximum absolute atomic E-state index is 11.9. The molecule has 1 aromatic heterocycles. The third kappa shape index (κ3) is 4.81. The monoisotopic (exact) mass is 357 g/mol. The summed E-state index contributed by atoms with van der Waals surface area (Å²) >= 11 is 0. The van der Waals surface area contributed by atoms with Gasteiger partial charge in [-0.15, -0.1) is 0 Å². The summed E-state index contributed by atoms with van der Waals surface area (Å²) in [6, 6.07) is 10.2. The van der Waals surface area contributed by atoms with E-state index in [1.807, 2.05) is 18.2 Å². The minimum Gasteiger partial charge on any atom is -0.506 e. The van der Waals surface area contributed by atoms with E-state index < -0.39 is 28.7 Å². The van der Waals surface area contributed by atoms with E-state index in [0.29, 0.717) is 6.54 Å². The van der Waals surface area contributed by atoms with E-state index in [1.165, 1.54) is 5.56 Å². The van der Waals surface area contributed by atoms with E-state index in [-0.39, 0.29) is 11.3 Å². The Kier molecular flexibility index (Phi) is 6.72. The predicted molar refractivity (Wildman–Crippen MR) is 99.4 cm³/mol. The normalized spacial score (nSPS) is 11.5. The number of rotatable bonds is 8. The Morgan fingerprint density at radius 1 is 1.04 bits per heavy atom. The average Bonchev–Trinajstić information content (AvgIpc) is 2.58. The summed E-state index contributed by atoms with van der Waals surface area (Å²) in [5.41, 5.74) is 0.0713. The van der Waals surface area contributed by atoms with Gasteiger partial charge in [-0.1, -0.05) is 36.8 Å². The van der Waals surface area contributed by atoms with Gasteiger partial charge in [0, 0.05) is 6.54 Å². The van der Waals surface area contributed by atoms with Crippen LogP contribution in [0.15, 0.2) is 44.5 Å². The van der Waals surface area contributed by atoms with Gasteiger partial charge in [0.2, 0.25) is 0 Å². The van der Waals surface area contributed by atoms with Crippen molar-refractivity contribution in [1.82, 2.24) is 0 Å². The highest BCUT2D eigenvalue weighted by Gasteiger charge is 2.23. The molecule has 2 aromatic rings. The fourth-order valence-electron chi connectivity index (χ4n) is 2.74. The Morgan fingerprint density at radius 3 is 2.38 bits per heavy atom. The number of nitrogens with zero attached hydrogens (tertiary/aromatic N) is 1. The van der Waals surface area contributed by atoms with Gasteiger partial charge in [0.1, 0.15) is 16.9 Å².